The molecule has 0 heterocycles. The van der Waals surface area contributed by atoms with Crippen LogP contribution in [0.4, 0.5) is 0 Å². The maximum absolute atomic E-state index is 13.0. The van der Waals surface area contributed by atoms with Crippen LogP contribution in [0.5, 0.6) is 11.5 Å². The van der Waals surface area contributed by atoms with E-state index in [1.54, 1.807) is 6.07 Å². The summed E-state index contributed by atoms with van der Waals surface area (Å²) in [4.78, 5) is 0. The molecule has 0 amide bonds. The molecular formula is C19H12Cl4O5S. The smallest absolute Gasteiger partial charge is 0.283 e. The molecule has 0 spiro atoms. The lowest BCUT2D eigenvalue weighted by Crippen LogP contribution is -2.39. The molecule has 5 nitrogen and oxygen atoms in total. The SMILES string of the molecule is O=S(=O)(O)C(c1ccccc1)(c1cc(Cl)c(O)c(O)c1Cl)c1c(Cl)cccc1Cl. The molecule has 152 valence electrons. The van der Waals surface area contributed by atoms with E-state index < -0.39 is 36.4 Å². The average Bonchev–Trinajstić information content (AvgIpc) is 2.66. The van der Waals surface area contributed by atoms with Crippen LogP contribution in [0.1, 0.15) is 16.7 Å². The summed E-state index contributed by atoms with van der Waals surface area (Å²) in [5, 5.41) is 19.0. The Bertz CT molecular complexity index is 1180. The molecule has 1 unspecified atom stereocenters. The minimum absolute atomic E-state index is 0.0283. The summed E-state index contributed by atoms with van der Waals surface area (Å²) in [6.07, 6.45) is 0. The quantitative estimate of drug-likeness (QED) is 0.239. The number of rotatable bonds is 4. The molecule has 0 saturated carbocycles. The Labute approximate surface area is 186 Å². The average molecular weight is 494 g/mol. The number of aromatic hydroxyl groups is 2. The number of halogens is 4. The zero-order valence-corrected chi connectivity index (χ0v) is 18.1. The van der Waals surface area contributed by atoms with Crippen molar-refractivity contribution in [2.45, 2.75) is 4.75 Å². The van der Waals surface area contributed by atoms with Gasteiger partial charge in [-0.2, -0.15) is 8.42 Å². The van der Waals surface area contributed by atoms with Crippen molar-refractivity contribution in [2.75, 3.05) is 0 Å². The van der Waals surface area contributed by atoms with Crippen molar-refractivity contribution >= 4 is 56.5 Å². The Kier molecular flexibility index (Phi) is 5.98. The van der Waals surface area contributed by atoms with E-state index in [9.17, 15) is 23.2 Å². The summed E-state index contributed by atoms with van der Waals surface area (Å²) < 4.78 is 34.1. The summed E-state index contributed by atoms with van der Waals surface area (Å²) in [7, 11) is -5.10. The van der Waals surface area contributed by atoms with Gasteiger partial charge in [0.15, 0.2) is 16.2 Å². The first-order chi connectivity index (χ1) is 13.5. The second kappa shape index (κ2) is 7.87. The largest absolute Gasteiger partial charge is 0.503 e. The Hall–Kier alpha value is -1.67. The van der Waals surface area contributed by atoms with Crippen molar-refractivity contribution < 1.29 is 23.2 Å². The van der Waals surface area contributed by atoms with Crippen LogP contribution in [0.15, 0.2) is 54.6 Å². The van der Waals surface area contributed by atoms with E-state index in [-0.39, 0.29) is 26.7 Å². The lowest BCUT2D eigenvalue weighted by atomic mass is 9.83. The molecule has 0 radical (unpaired) electrons. The predicted octanol–water partition coefficient (Wildman–Crippen LogP) is 5.89. The van der Waals surface area contributed by atoms with Gasteiger partial charge in [-0.3, -0.25) is 4.55 Å². The molecular weight excluding hydrogens is 482 g/mol. The van der Waals surface area contributed by atoms with Crippen LogP contribution in [0, 0.1) is 0 Å². The van der Waals surface area contributed by atoms with Gasteiger partial charge in [0, 0.05) is 21.2 Å². The van der Waals surface area contributed by atoms with Gasteiger partial charge in [-0.15, -0.1) is 0 Å². The van der Waals surface area contributed by atoms with Gasteiger partial charge in [-0.05, 0) is 23.8 Å². The van der Waals surface area contributed by atoms with Crippen molar-refractivity contribution in [1.29, 1.82) is 0 Å². The molecule has 0 aliphatic rings. The first-order valence-corrected chi connectivity index (χ1v) is 10.9. The number of hydrogen-bond donors (Lipinski definition) is 3. The summed E-state index contributed by atoms with van der Waals surface area (Å²) in [5.41, 5.74) is -0.510. The molecule has 1 atom stereocenters. The van der Waals surface area contributed by atoms with Crippen LogP contribution in [0.2, 0.25) is 20.1 Å². The molecule has 0 aliphatic heterocycles. The van der Waals surface area contributed by atoms with E-state index in [0.29, 0.717) is 0 Å². The number of hydrogen-bond acceptors (Lipinski definition) is 4. The summed E-state index contributed by atoms with van der Waals surface area (Å²) >= 11 is 24.9. The second-order valence-corrected chi connectivity index (χ2v) is 9.20. The van der Waals surface area contributed by atoms with Gasteiger partial charge in [-0.1, -0.05) is 82.8 Å². The molecule has 0 aliphatic carbocycles. The van der Waals surface area contributed by atoms with E-state index >= 15 is 0 Å². The molecule has 3 aromatic carbocycles. The van der Waals surface area contributed by atoms with Crippen LogP contribution in [-0.4, -0.2) is 23.2 Å². The third-order valence-corrected chi connectivity index (χ3v) is 7.16. The van der Waals surface area contributed by atoms with Gasteiger partial charge in [0.25, 0.3) is 10.1 Å². The third-order valence-electron chi connectivity index (χ3n) is 4.43. The van der Waals surface area contributed by atoms with Crippen molar-refractivity contribution in [3.05, 3.63) is 91.4 Å². The first-order valence-electron chi connectivity index (χ1n) is 7.91. The fourth-order valence-electron chi connectivity index (χ4n) is 3.22. The molecule has 10 heteroatoms. The maximum Gasteiger partial charge on any atom is 0.283 e. The number of benzene rings is 3. The number of phenols is 2. The topological polar surface area (TPSA) is 94.8 Å². The van der Waals surface area contributed by atoms with Crippen molar-refractivity contribution in [3.63, 3.8) is 0 Å². The van der Waals surface area contributed by atoms with Gasteiger partial charge in [0.05, 0.1) is 10.0 Å². The molecule has 0 saturated heterocycles. The van der Waals surface area contributed by atoms with Crippen LogP contribution in [0.25, 0.3) is 0 Å². The molecule has 0 fully saturated rings. The standard InChI is InChI=1S/C19H12Cl4O5S/c20-12-7-4-8-13(21)15(12)19(29(26,27)28,10-5-2-1-3-6-10)11-9-14(22)17(24)18(25)16(11)23/h1-9,24-25H,(H,26,27,28). The van der Waals surface area contributed by atoms with E-state index in [4.69, 9.17) is 46.4 Å². The predicted molar refractivity (Wildman–Crippen MR) is 114 cm³/mol. The maximum atomic E-state index is 13.0. The molecule has 3 N–H and O–H groups in total. The Balaban J connectivity index is 2.67. The lowest BCUT2D eigenvalue weighted by molar-refractivity contribution is 0.402. The lowest BCUT2D eigenvalue weighted by Gasteiger charge is -2.34. The Morgan fingerprint density at radius 3 is 1.83 bits per heavy atom. The van der Waals surface area contributed by atoms with E-state index in [2.05, 4.69) is 0 Å². The third kappa shape index (κ3) is 3.44. The highest BCUT2D eigenvalue weighted by molar-refractivity contribution is 7.87. The Morgan fingerprint density at radius 2 is 1.31 bits per heavy atom. The van der Waals surface area contributed by atoms with Gasteiger partial charge >= 0.3 is 0 Å². The highest BCUT2D eigenvalue weighted by Gasteiger charge is 2.52. The molecule has 29 heavy (non-hydrogen) atoms. The monoisotopic (exact) mass is 492 g/mol. The molecule has 3 aromatic rings. The minimum Gasteiger partial charge on any atom is -0.503 e. The fraction of sp³-hybridized carbons (Fsp3) is 0.0526. The van der Waals surface area contributed by atoms with E-state index in [0.717, 1.165) is 6.07 Å². The van der Waals surface area contributed by atoms with Gasteiger partial charge < -0.3 is 10.2 Å². The zero-order chi connectivity index (χ0) is 21.6. The van der Waals surface area contributed by atoms with Crippen molar-refractivity contribution in [2.24, 2.45) is 0 Å². The first kappa shape index (κ1) is 22.0. The van der Waals surface area contributed by atoms with Gasteiger partial charge in [0.2, 0.25) is 0 Å². The zero-order valence-electron chi connectivity index (χ0n) is 14.3. The molecule has 3 rings (SSSR count). The molecule has 0 bridgehead atoms. The summed E-state index contributed by atoms with van der Waals surface area (Å²) in [5.74, 6) is -1.61. The minimum atomic E-state index is -5.10. The number of phenolic OH excluding ortho intramolecular Hbond substituents is 2. The van der Waals surface area contributed by atoms with Crippen molar-refractivity contribution in [3.8, 4) is 11.5 Å². The summed E-state index contributed by atoms with van der Waals surface area (Å²) in [6.45, 7) is 0. The van der Waals surface area contributed by atoms with Crippen LogP contribution in [0.3, 0.4) is 0 Å². The molecule has 0 aromatic heterocycles. The second-order valence-electron chi connectivity index (χ2n) is 6.04. The van der Waals surface area contributed by atoms with Crippen LogP contribution >= 0.6 is 46.4 Å². The van der Waals surface area contributed by atoms with Gasteiger partial charge in [0.1, 0.15) is 0 Å². The summed E-state index contributed by atoms with van der Waals surface area (Å²) in [6, 6.07) is 12.9. The van der Waals surface area contributed by atoms with Crippen LogP contribution in [-0.2, 0) is 14.9 Å². The van der Waals surface area contributed by atoms with Gasteiger partial charge in [-0.25, -0.2) is 0 Å². The fourth-order valence-corrected chi connectivity index (χ4v) is 5.90. The Morgan fingerprint density at radius 1 is 0.759 bits per heavy atom. The normalized spacial score (nSPS) is 13.8. The highest BCUT2D eigenvalue weighted by Crippen LogP contribution is 2.54. The van der Waals surface area contributed by atoms with E-state index in [1.807, 2.05) is 0 Å². The van der Waals surface area contributed by atoms with E-state index in [1.165, 1.54) is 42.5 Å². The van der Waals surface area contributed by atoms with Crippen molar-refractivity contribution in [1.82, 2.24) is 0 Å². The van der Waals surface area contributed by atoms with Crippen LogP contribution < -0.4 is 0 Å². The highest BCUT2D eigenvalue weighted by atomic mass is 35.5.